The Morgan fingerprint density at radius 1 is 1.31 bits per heavy atom. The van der Waals surface area contributed by atoms with Crippen molar-refractivity contribution >= 4 is 5.95 Å². The third kappa shape index (κ3) is 2.32. The summed E-state index contributed by atoms with van der Waals surface area (Å²) in [6.45, 7) is 6.13. The highest BCUT2D eigenvalue weighted by Gasteiger charge is 2.15. The molecule has 1 atom stereocenters. The fraction of sp³-hybridized carbons (Fsp3) is 0.667. The van der Waals surface area contributed by atoms with Crippen molar-refractivity contribution in [2.45, 2.75) is 39.2 Å². The van der Waals surface area contributed by atoms with Crippen molar-refractivity contribution in [1.82, 2.24) is 9.97 Å². The van der Waals surface area contributed by atoms with Gasteiger partial charge in [0.2, 0.25) is 5.95 Å². The maximum absolute atomic E-state index is 5.85. The Balaban J connectivity index is 2.19. The molecule has 1 aromatic rings. The second-order valence-electron chi connectivity index (χ2n) is 4.55. The highest BCUT2D eigenvalue weighted by molar-refractivity contribution is 5.34. The summed E-state index contributed by atoms with van der Waals surface area (Å²) in [6.07, 6.45) is 5.69. The normalized spacial score (nSPS) is 18.6. The van der Waals surface area contributed by atoms with E-state index in [1.807, 2.05) is 20.0 Å². The first-order chi connectivity index (χ1) is 7.68. The number of piperidine rings is 1. The molecule has 2 rings (SSSR count). The minimum Gasteiger partial charge on any atom is -0.341 e. The Morgan fingerprint density at radius 3 is 2.56 bits per heavy atom. The molecule has 2 heterocycles. The van der Waals surface area contributed by atoms with Gasteiger partial charge in [0.25, 0.3) is 0 Å². The van der Waals surface area contributed by atoms with Gasteiger partial charge in [-0.15, -0.1) is 0 Å². The molecule has 4 nitrogen and oxygen atoms in total. The van der Waals surface area contributed by atoms with Gasteiger partial charge in [0.15, 0.2) is 0 Å². The van der Waals surface area contributed by atoms with Crippen molar-refractivity contribution in [2.24, 2.45) is 5.73 Å². The number of nitrogens with two attached hydrogens (primary N) is 1. The van der Waals surface area contributed by atoms with Gasteiger partial charge in [-0.05, 0) is 33.1 Å². The zero-order chi connectivity index (χ0) is 11.5. The van der Waals surface area contributed by atoms with E-state index in [0.717, 1.165) is 30.3 Å². The Hall–Kier alpha value is -1.16. The monoisotopic (exact) mass is 220 g/mol. The largest absolute Gasteiger partial charge is 0.341 e. The Morgan fingerprint density at radius 2 is 2.00 bits per heavy atom. The molecule has 0 unspecified atom stereocenters. The number of aromatic nitrogens is 2. The first-order valence-electron chi connectivity index (χ1n) is 6.02. The van der Waals surface area contributed by atoms with Gasteiger partial charge < -0.3 is 10.6 Å². The molecule has 4 heteroatoms. The van der Waals surface area contributed by atoms with Gasteiger partial charge >= 0.3 is 0 Å². The molecule has 0 radical (unpaired) electrons. The topological polar surface area (TPSA) is 55.0 Å². The fourth-order valence-corrected chi connectivity index (χ4v) is 2.16. The average Bonchev–Trinajstić information content (AvgIpc) is 2.29. The van der Waals surface area contributed by atoms with Crippen LogP contribution >= 0.6 is 0 Å². The third-order valence-corrected chi connectivity index (χ3v) is 3.13. The first kappa shape index (κ1) is 11.3. The molecule has 1 saturated heterocycles. The van der Waals surface area contributed by atoms with Crippen LogP contribution in [0.2, 0.25) is 0 Å². The number of rotatable bonds is 2. The van der Waals surface area contributed by atoms with Gasteiger partial charge in [-0.3, -0.25) is 0 Å². The number of hydrogen-bond donors (Lipinski definition) is 1. The van der Waals surface area contributed by atoms with E-state index in [4.69, 9.17) is 5.73 Å². The molecule has 1 aliphatic heterocycles. The SMILES string of the molecule is Cc1nc(N2CCCCC2)ncc1[C@@H](C)N. The molecule has 0 saturated carbocycles. The van der Waals surface area contributed by atoms with Crippen LogP contribution in [0.1, 0.15) is 43.5 Å². The fourth-order valence-electron chi connectivity index (χ4n) is 2.16. The number of nitrogens with zero attached hydrogens (tertiary/aromatic N) is 3. The van der Waals surface area contributed by atoms with E-state index in [1.54, 1.807) is 0 Å². The molecule has 0 bridgehead atoms. The minimum atomic E-state index is 0.00964. The van der Waals surface area contributed by atoms with Crippen molar-refractivity contribution in [3.05, 3.63) is 17.5 Å². The molecule has 0 aliphatic carbocycles. The maximum Gasteiger partial charge on any atom is 0.225 e. The predicted molar refractivity (Wildman–Crippen MR) is 65.4 cm³/mol. The smallest absolute Gasteiger partial charge is 0.225 e. The Labute approximate surface area is 96.9 Å². The van der Waals surface area contributed by atoms with Crippen LogP contribution in [0, 0.1) is 6.92 Å². The summed E-state index contributed by atoms with van der Waals surface area (Å²) in [4.78, 5) is 11.2. The van der Waals surface area contributed by atoms with Gasteiger partial charge in [0.1, 0.15) is 0 Å². The zero-order valence-electron chi connectivity index (χ0n) is 10.1. The zero-order valence-corrected chi connectivity index (χ0v) is 10.1. The molecule has 2 N–H and O–H groups in total. The molecule has 0 amide bonds. The predicted octanol–water partition coefficient (Wildman–Crippen LogP) is 1.80. The van der Waals surface area contributed by atoms with Gasteiger partial charge in [0.05, 0.1) is 0 Å². The van der Waals surface area contributed by atoms with Crippen LogP contribution in [0.4, 0.5) is 5.95 Å². The summed E-state index contributed by atoms with van der Waals surface area (Å²) >= 11 is 0. The summed E-state index contributed by atoms with van der Waals surface area (Å²) in [5.41, 5.74) is 7.90. The van der Waals surface area contributed by atoms with Crippen molar-refractivity contribution in [2.75, 3.05) is 18.0 Å². The lowest BCUT2D eigenvalue weighted by Crippen LogP contribution is -2.31. The maximum atomic E-state index is 5.85. The van der Waals surface area contributed by atoms with E-state index in [2.05, 4.69) is 14.9 Å². The molecule has 1 fully saturated rings. The van der Waals surface area contributed by atoms with Crippen LogP contribution < -0.4 is 10.6 Å². The van der Waals surface area contributed by atoms with Crippen molar-refractivity contribution in [3.8, 4) is 0 Å². The van der Waals surface area contributed by atoms with E-state index >= 15 is 0 Å². The number of aryl methyl sites for hydroxylation is 1. The van der Waals surface area contributed by atoms with E-state index in [-0.39, 0.29) is 6.04 Å². The summed E-state index contributed by atoms with van der Waals surface area (Å²) < 4.78 is 0. The van der Waals surface area contributed by atoms with Crippen molar-refractivity contribution in [3.63, 3.8) is 0 Å². The number of anilines is 1. The van der Waals surface area contributed by atoms with E-state index in [9.17, 15) is 0 Å². The second-order valence-corrected chi connectivity index (χ2v) is 4.55. The summed E-state index contributed by atoms with van der Waals surface area (Å²) in [6, 6.07) is 0.00964. The Kier molecular flexibility index (Phi) is 3.39. The molecule has 0 aromatic carbocycles. The standard InChI is InChI=1S/C12H20N4/c1-9(13)11-8-14-12(15-10(11)2)16-6-4-3-5-7-16/h8-9H,3-7,13H2,1-2H3/t9-/m1/s1. The summed E-state index contributed by atoms with van der Waals surface area (Å²) in [5.74, 6) is 0.863. The minimum absolute atomic E-state index is 0.00964. The van der Waals surface area contributed by atoms with Crippen molar-refractivity contribution < 1.29 is 0 Å². The lowest BCUT2D eigenvalue weighted by atomic mass is 10.1. The summed E-state index contributed by atoms with van der Waals surface area (Å²) in [5, 5.41) is 0. The molecule has 88 valence electrons. The summed E-state index contributed by atoms with van der Waals surface area (Å²) in [7, 11) is 0. The van der Waals surface area contributed by atoms with Crippen LogP contribution in [0.5, 0.6) is 0 Å². The highest BCUT2D eigenvalue weighted by Crippen LogP contribution is 2.18. The third-order valence-electron chi connectivity index (χ3n) is 3.13. The molecule has 0 spiro atoms. The molecule has 1 aliphatic rings. The van der Waals surface area contributed by atoms with Crippen LogP contribution in [-0.2, 0) is 0 Å². The lowest BCUT2D eigenvalue weighted by Gasteiger charge is -2.27. The quantitative estimate of drug-likeness (QED) is 0.825. The highest BCUT2D eigenvalue weighted by atomic mass is 15.2. The van der Waals surface area contributed by atoms with Crippen LogP contribution in [0.25, 0.3) is 0 Å². The van der Waals surface area contributed by atoms with Gasteiger partial charge in [-0.2, -0.15) is 0 Å². The average molecular weight is 220 g/mol. The molecular weight excluding hydrogens is 200 g/mol. The first-order valence-corrected chi connectivity index (χ1v) is 6.02. The molecule has 16 heavy (non-hydrogen) atoms. The second kappa shape index (κ2) is 4.78. The van der Waals surface area contributed by atoms with Gasteiger partial charge in [-0.1, -0.05) is 0 Å². The van der Waals surface area contributed by atoms with Crippen LogP contribution in [0.15, 0.2) is 6.20 Å². The van der Waals surface area contributed by atoms with Crippen LogP contribution in [0.3, 0.4) is 0 Å². The lowest BCUT2D eigenvalue weighted by molar-refractivity contribution is 0.567. The molecule has 1 aromatic heterocycles. The number of hydrogen-bond acceptors (Lipinski definition) is 4. The van der Waals surface area contributed by atoms with E-state index < -0.39 is 0 Å². The van der Waals surface area contributed by atoms with Gasteiger partial charge in [0, 0.05) is 36.6 Å². The van der Waals surface area contributed by atoms with E-state index in [1.165, 1.54) is 19.3 Å². The Bertz CT molecular complexity index is 356. The van der Waals surface area contributed by atoms with E-state index in [0.29, 0.717) is 0 Å². The van der Waals surface area contributed by atoms with Crippen molar-refractivity contribution in [1.29, 1.82) is 0 Å². The molecular formula is C12H20N4. The van der Waals surface area contributed by atoms with Crippen LogP contribution in [-0.4, -0.2) is 23.1 Å². The van der Waals surface area contributed by atoms with Gasteiger partial charge in [-0.25, -0.2) is 9.97 Å².